The Balaban J connectivity index is 2.44. The van der Waals surface area contributed by atoms with E-state index in [0.717, 1.165) is 27.8 Å². The summed E-state index contributed by atoms with van der Waals surface area (Å²) in [6, 6.07) is 2.20. The van der Waals surface area contributed by atoms with Gasteiger partial charge in [-0.2, -0.15) is 5.26 Å². The number of aryl methyl sites for hydroxylation is 2. The van der Waals surface area contributed by atoms with Crippen LogP contribution in [0.5, 0.6) is 0 Å². The van der Waals surface area contributed by atoms with Gasteiger partial charge >= 0.3 is 5.97 Å². The maximum atomic E-state index is 12.4. The molecule has 0 radical (unpaired) electrons. The van der Waals surface area contributed by atoms with Crippen LogP contribution in [0.3, 0.4) is 0 Å². The van der Waals surface area contributed by atoms with Crippen molar-refractivity contribution in [1.29, 1.82) is 5.26 Å². The zero-order chi connectivity index (χ0) is 23.1. The highest BCUT2D eigenvalue weighted by atomic mass is 35.5. The Morgan fingerprint density at radius 3 is 2.61 bits per heavy atom. The molecule has 0 fully saturated rings. The molecule has 1 aliphatic rings. The van der Waals surface area contributed by atoms with Crippen molar-refractivity contribution in [2.24, 2.45) is 0 Å². The highest BCUT2D eigenvalue weighted by molar-refractivity contribution is 6.22. The molecule has 0 saturated heterocycles. The van der Waals surface area contributed by atoms with Crippen LogP contribution >= 0.6 is 11.6 Å². The molecule has 2 heterocycles. The lowest BCUT2D eigenvalue weighted by Gasteiger charge is -2.28. The average Bonchev–Trinajstić information content (AvgIpc) is 2.90. The molecule has 0 saturated carbocycles. The van der Waals surface area contributed by atoms with Crippen LogP contribution in [0.15, 0.2) is 18.2 Å². The van der Waals surface area contributed by atoms with Crippen LogP contribution < -0.4 is 0 Å². The number of fused-ring (bicyclic) bond motifs is 1. The van der Waals surface area contributed by atoms with Crippen molar-refractivity contribution in [3.63, 3.8) is 0 Å². The van der Waals surface area contributed by atoms with E-state index >= 15 is 0 Å². The molecule has 0 aliphatic heterocycles. The predicted octanol–water partition coefficient (Wildman–Crippen LogP) is 5.38. The van der Waals surface area contributed by atoms with Crippen molar-refractivity contribution in [1.82, 2.24) is 9.55 Å². The Bertz CT molecular complexity index is 1150. The maximum absolute atomic E-state index is 12.4. The summed E-state index contributed by atoms with van der Waals surface area (Å²) in [5.74, 6) is -1.07. The Kier molecular flexibility index (Phi) is 6.31. The van der Waals surface area contributed by atoms with E-state index in [-0.39, 0.29) is 11.9 Å². The molecule has 6 nitrogen and oxygen atoms in total. The van der Waals surface area contributed by atoms with E-state index in [9.17, 15) is 15.2 Å². The second kappa shape index (κ2) is 8.49. The average molecular weight is 442 g/mol. The standard InChI is InChI=1S/C24H28ClN3O3/c1-13-15(3)28(12-11-26)22-18(13)20(16-7-9-17(25)10-8-16)19(14(2)27-22)21(23(29)30)31-24(4,5)6/h7-9,17,21H,10,12H2,1-6H3,(H,29,30). The molecule has 2 aromatic rings. The fourth-order valence-electron chi connectivity index (χ4n) is 4.05. The normalized spacial score (nSPS) is 17.5. The number of halogens is 1. The molecule has 2 unspecified atom stereocenters. The van der Waals surface area contributed by atoms with Gasteiger partial charge in [0.05, 0.1) is 17.0 Å². The zero-order valence-corrected chi connectivity index (χ0v) is 19.5. The molecule has 1 aliphatic carbocycles. The van der Waals surface area contributed by atoms with Gasteiger partial charge < -0.3 is 14.4 Å². The van der Waals surface area contributed by atoms with Gasteiger partial charge in [0.15, 0.2) is 6.10 Å². The molecular weight excluding hydrogens is 414 g/mol. The van der Waals surface area contributed by atoms with Crippen molar-refractivity contribution < 1.29 is 14.6 Å². The van der Waals surface area contributed by atoms with Gasteiger partial charge in [-0.25, -0.2) is 9.78 Å². The van der Waals surface area contributed by atoms with Crippen LogP contribution in [-0.2, 0) is 16.1 Å². The SMILES string of the molecule is Cc1nc2c(c(C)c(C)n2CC#N)c(C2=CCC(Cl)C=C2)c1C(OC(C)(C)C)C(=O)O. The van der Waals surface area contributed by atoms with Crippen LogP contribution in [0, 0.1) is 32.1 Å². The fourth-order valence-corrected chi connectivity index (χ4v) is 4.21. The third kappa shape index (κ3) is 4.39. The molecule has 2 aromatic heterocycles. The minimum atomic E-state index is -1.19. The van der Waals surface area contributed by atoms with Gasteiger partial charge in [-0.15, -0.1) is 11.6 Å². The first-order chi connectivity index (χ1) is 14.5. The minimum Gasteiger partial charge on any atom is -0.479 e. The number of aliphatic carboxylic acids is 1. The molecule has 0 aromatic carbocycles. The molecular formula is C24H28ClN3O3. The van der Waals surface area contributed by atoms with Gasteiger partial charge in [0.2, 0.25) is 0 Å². The summed E-state index contributed by atoms with van der Waals surface area (Å²) in [5, 5.41) is 20.2. The van der Waals surface area contributed by atoms with Crippen molar-refractivity contribution in [2.75, 3.05) is 0 Å². The number of nitrogens with zero attached hydrogens (tertiary/aromatic N) is 3. The number of hydrogen-bond acceptors (Lipinski definition) is 4. The highest BCUT2D eigenvalue weighted by Crippen LogP contribution is 2.41. The van der Waals surface area contributed by atoms with E-state index in [1.165, 1.54) is 0 Å². The second-order valence-electron chi connectivity index (χ2n) is 8.86. The van der Waals surface area contributed by atoms with Crippen LogP contribution in [0.1, 0.15) is 61.4 Å². The van der Waals surface area contributed by atoms with Crippen molar-refractivity contribution in [3.05, 3.63) is 46.3 Å². The molecule has 31 heavy (non-hydrogen) atoms. The highest BCUT2D eigenvalue weighted by Gasteiger charge is 2.34. The number of nitriles is 1. The first-order valence-corrected chi connectivity index (χ1v) is 10.7. The number of carboxylic acid groups (broad SMARTS) is 1. The lowest BCUT2D eigenvalue weighted by Crippen LogP contribution is -2.29. The number of aromatic nitrogens is 2. The number of carbonyl (C=O) groups is 1. The van der Waals surface area contributed by atoms with E-state index in [0.29, 0.717) is 23.3 Å². The topological polar surface area (TPSA) is 88.1 Å². The van der Waals surface area contributed by atoms with Gasteiger partial charge in [-0.1, -0.05) is 18.2 Å². The van der Waals surface area contributed by atoms with Crippen LogP contribution in [0.2, 0.25) is 0 Å². The minimum absolute atomic E-state index is 0.0993. The number of ether oxygens (including phenoxy) is 1. The molecule has 1 N–H and O–H groups in total. The number of pyridine rings is 1. The third-order valence-electron chi connectivity index (χ3n) is 5.51. The van der Waals surface area contributed by atoms with Crippen LogP contribution in [-0.4, -0.2) is 31.6 Å². The number of hydrogen-bond donors (Lipinski definition) is 1. The van der Waals surface area contributed by atoms with Gasteiger partial charge in [-0.05, 0) is 59.1 Å². The van der Waals surface area contributed by atoms with Crippen LogP contribution in [0.4, 0.5) is 0 Å². The van der Waals surface area contributed by atoms with Gasteiger partial charge in [-0.3, -0.25) is 0 Å². The summed E-state index contributed by atoms with van der Waals surface area (Å²) >= 11 is 6.26. The fraction of sp³-hybridized carbons (Fsp3) is 0.458. The van der Waals surface area contributed by atoms with E-state index in [1.807, 2.05) is 57.4 Å². The third-order valence-corrected chi connectivity index (χ3v) is 5.83. The van der Waals surface area contributed by atoms with Gasteiger partial charge in [0.1, 0.15) is 12.2 Å². The summed E-state index contributed by atoms with van der Waals surface area (Å²) in [6.07, 6.45) is 5.34. The lowest BCUT2D eigenvalue weighted by atomic mass is 9.88. The smallest absolute Gasteiger partial charge is 0.337 e. The van der Waals surface area contributed by atoms with Gasteiger partial charge in [0.25, 0.3) is 0 Å². The number of alkyl halides is 1. The predicted molar refractivity (Wildman–Crippen MR) is 122 cm³/mol. The molecule has 0 bridgehead atoms. The largest absolute Gasteiger partial charge is 0.479 e. The number of rotatable bonds is 5. The van der Waals surface area contributed by atoms with Crippen molar-refractivity contribution in [3.8, 4) is 6.07 Å². The lowest BCUT2D eigenvalue weighted by molar-refractivity contribution is -0.160. The maximum Gasteiger partial charge on any atom is 0.337 e. The Labute approximate surface area is 187 Å². The molecule has 164 valence electrons. The monoisotopic (exact) mass is 441 g/mol. The van der Waals surface area contributed by atoms with E-state index in [4.69, 9.17) is 21.3 Å². The van der Waals surface area contributed by atoms with Crippen LogP contribution in [0.25, 0.3) is 16.6 Å². The molecule has 7 heteroatoms. The second-order valence-corrected chi connectivity index (χ2v) is 9.42. The number of carboxylic acids is 1. The van der Waals surface area contributed by atoms with E-state index < -0.39 is 17.7 Å². The summed E-state index contributed by atoms with van der Waals surface area (Å²) in [7, 11) is 0. The molecule has 0 spiro atoms. The number of allylic oxidation sites excluding steroid dienone is 4. The quantitative estimate of drug-likeness (QED) is 0.629. The van der Waals surface area contributed by atoms with Crippen molar-refractivity contribution >= 4 is 34.2 Å². The first kappa shape index (κ1) is 23.1. The first-order valence-electron chi connectivity index (χ1n) is 10.3. The Morgan fingerprint density at radius 2 is 2.10 bits per heavy atom. The molecule has 2 atom stereocenters. The van der Waals surface area contributed by atoms with E-state index in [2.05, 4.69) is 6.07 Å². The Hall–Kier alpha value is -2.62. The molecule has 3 rings (SSSR count). The van der Waals surface area contributed by atoms with Crippen molar-refractivity contribution in [2.45, 2.75) is 71.6 Å². The molecule has 0 amide bonds. The Morgan fingerprint density at radius 1 is 1.42 bits per heavy atom. The zero-order valence-electron chi connectivity index (χ0n) is 18.8. The summed E-state index contributed by atoms with van der Waals surface area (Å²) in [5.41, 5.74) is 4.69. The summed E-state index contributed by atoms with van der Waals surface area (Å²) in [4.78, 5) is 17.1. The summed E-state index contributed by atoms with van der Waals surface area (Å²) < 4.78 is 7.89. The summed E-state index contributed by atoms with van der Waals surface area (Å²) in [6.45, 7) is 11.4. The van der Waals surface area contributed by atoms with Gasteiger partial charge in [0, 0.05) is 27.9 Å². The van der Waals surface area contributed by atoms with E-state index in [1.54, 1.807) is 6.92 Å².